The molecule has 9 nitrogen and oxygen atoms in total. The Kier molecular flexibility index (Phi) is 7.88. The van der Waals surface area contributed by atoms with E-state index in [1.165, 1.54) is 11.9 Å². The van der Waals surface area contributed by atoms with Gasteiger partial charge in [-0.25, -0.2) is 14.8 Å². The fourth-order valence-corrected chi connectivity index (χ4v) is 4.62. The number of nitrogens with one attached hydrogen (secondary N) is 3. The highest BCUT2D eigenvalue weighted by atomic mass is 35.5. The minimum absolute atomic E-state index is 0.329. The molecular formula is C28H30ClN7O2. The first kappa shape index (κ1) is 25.7. The maximum absolute atomic E-state index is 12.7. The first-order valence-electron chi connectivity index (χ1n) is 12.4. The second-order valence-corrected chi connectivity index (χ2v) is 9.69. The molecule has 10 heteroatoms. The molecule has 0 saturated carbocycles. The Morgan fingerprint density at radius 1 is 0.921 bits per heavy atom. The molecule has 4 aromatic rings. The number of likely N-dealkylation sites (N-methyl/N-ethyl adjacent to an activating group) is 1. The van der Waals surface area contributed by atoms with Crippen molar-refractivity contribution in [2.24, 2.45) is 0 Å². The summed E-state index contributed by atoms with van der Waals surface area (Å²) in [6.45, 7) is 5.24. The second-order valence-electron chi connectivity index (χ2n) is 9.28. The maximum atomic E-state index is 12.7. The highest BCUT2D eigenvalue weighted by Crippen LogP contribution is 2.31. The number of urea groups is 1. The number of hydrogen-bond donors (Lipinski definition) is 3. The van der Waals surface area contributed by atoms with Crippen molar-refractivity contribution in [3.05, 3.63) is 77.6 Å². The summed E-state index contributed by atoms with van der Waals surface area (Å²) in [6.07, 6.45) is 1.49. The van der Waals surface area contributed by atoms with Gasteiger partial charge in [-0.1, -0.05) is 23.7 Å². The number of halogens is 1. The summed E-state index contributed by atoms with van der Waals surface area (Å²) in [5.41, 5.74) is 4.07. The van der Waals surface area contributed by atoms with Crippen LogP contribution in [0.4, 0.5) is 27.7 Å². The number of carbonyl (C=O) groups excluding carboxylic acids is 1. The average Bonchev–Trinajstić information content (AvgIpc) is 2.91. The molecule has 196 valence electrons. The number of benzene rings is 3. The summed E-state index contributed by atoms with van der Waals surface area (Å²) in [4.78, 5) is 26.2. The van der Waals surface area contributed by atoms with Crippen molar-refractivity contribution in [1.82, 2.24) is 19.8 Å². The Morgan fingerprint density at radius 3 is 2.37 bits per heavy atom. The van der Waals surface area contributed by atoms with Crippen molar-refractivity contribution in [2.75, 3.05) is 56.3 Å². The molecule has 0 spiro atoms. The van der Waals surface area contributed by atoms with Crippen LogP contribution in [0.1, 0.15) is 5.56 Å². The minimum Gasteiger partial charge on any atom is -0.495 e. The zero-order valence-corrected chi connectivity index (χ0v) is 22.1. The highest BCUT2D eigenvalue weighted by molar-refractivity contribution is 6.32. The molecule has 2 amide bonds. The molecule has 3 N–H and O–H groups in total. The van der Waals surface area contributed by atoms with Gasteiger partial charge in [0.05, 0.1) is 17.6 Å². The van der Waals surface area contributed by atoms with Gasteiger partial charge in [-0.2, -0.15) is 0 Å². The molecule has 0 bridgehead atoms. The molecule has 0 aliphatic carbocycles. The Balaban J connectivity index is 1.23. The average molecular weight is 532 g/mol. The van der Waals surface area contributed by atoms with E-state index in [0.29, 0.717) is 22.3 Å². The number of hydrogen-bond acceptors (Lipinski definition) is 7. The molecule has 1 saturated heterocycles. The third kappa shape index (κ3) is 6.31. The molecular weight excluding hydrogens is 502 g/mol. The number of rotatable bonds is 7. The van der Waals surface area contributed by atoms with Gasteiger partial charge in [0, 0.05) is 55.2 Å². The van der Waals surface area contributed by atoms with Crippen molar-refractivity contribution in [2.45, 2.75) is 6.54 Å². The highest BCUT2D eigenvalue weighted by Gasteiger charge is 2.14. The van der Waals surface area contributed by atoms with Crippen molar-refractivity contribution >= 4 is 51.4 Å². The van der Waals surface area contributed by atoms with E-state index in [4.69, 9.17) is 16.3 Å². The number of carbonyl (C=O) groups is 1. The van der Waals surface area contributed by atoms with Crippen molar-refractivity contribution in [3.8, 4) is 5.75 Å². The SMILES string of the molecule is COc1ccc(Nc2ncnc3ccc(NC(=O)Nc4ccc(CN5CCN(C)CC5)cc4)cc23)cc1Cl. The fourth-order valence-electron chi connectivity index (χ4n) is 4.37. The van der Waals surface area contributed by atoms with E-state index in [2.05, 4.69) is 54.9 Å². The summed E-state index contributed by atoms with van der Waals surface area (Å²) in [5, 5.41) is 10.3. The largest absolute Gasteiger partial charge is 0.495 e. The van der Waals surface area contributed by atoms with Gasteiger partial charge in [0.25, 0.3) is 0 Å². The number of fused-ring (bicyclic) bond motifs is 1. The summed E-state index contributed by atoms with van der Waals surface area (Å²) in [5.74, 6) is 1.18. The molecule has 1 aliphatic heterocycles. The van der Waals surface area contributed by atoms with Crippen LogP contribution in [-0.4, -0.2) is 66.1 Å². The van der Waals surface area contributed by atoms with Gasteiger partial charge in [-0.05, 0) is 61.1 Å². The van der Waals surface area contributed by atoms with Gasteiger partial charge in [0.1, 0.15) is 17.9 Å². The van der Waals surface area contributed by atoms with Gasteiger partial charge < -0.3 is 25.6 Å². The lowest BCUT2D eigenvalue weighted by atomic mass is 10.2. The van der Waals surface area contributed by atoms with E-state index in [1.54, 1.807) is 19.2 Å². The number of piperazine rings is 1. The number of ether oxygens (including phenoxy) is 1. The smallest absolute Gasteiger partial charge is 0.323 e. The number of amides is 2. The maximum Gasteiger partial charge on any atom is 0.323 e. The van der Waals surface area contributed by atoms with Gasteiger partial charge in [-0.3, -0.25) is 4.90 Å². The summed E-state index contributed by atoms with van der Waals surface area (Å²) in [6, 6.07) is 18.5. The number of anilines is 4. The van der Waals surface area contributed by atoms with Gasteiger partial charge in [-0.15, -0.1) is 0 Å². The predicted molar refractivity (Wildman–Crippen MR) is 153 cm³/mol. The fraction of sp³-hybridized carbons (Fsp3) is 0.250. The van der Waals surface area contributed by atoms with Crippen LogP contribution >= 0.6 is 11.6 Å². The molecule has 3 aromatic carbocycles. The van der Waals surface area contributed by atoms with Crippen molar-refractivity contribution in [1.29, 1.82) is 0 Å². The molecule has 1 aliphatic rings. The lowest BCUT2D eigenvalue weighted by Gasteiger charge is -2.32. The lowest BCUT2D eigenvalue weighted by molar-refractivity contribution is 0.148. The number of aromatic nitrogens is 2. The van der Waals surface area contributed by atoms with Crippen LogP contribution in [0.2, 0.25) is 5.02 Å². The van der Waals surface area contributed by atoms with E-state index in [9.17, 15) is 4.79 Å². The lowest BCUT2D eigenvalue weighted by Crippen LogP contribution is -2.43. The first-order valence-corrected chi connectivity index (χ1v) is 12.8. The Hall–Kier alpha value is -3.92. The standard InChI is InChI=1S/C28H30ClN7O2/c1-35-11-13-36(14-12-35)17-19-3-5-20(6-4-19)33-28(37)34-21-7-9-25-23(15-21)27(31-18-30-25)32-22-8-10-26(38-2)24(29)16-22/h3-10,15-16,18H,11-14,17H2,1-2H3,(H,30,31,32)(H2,33,34,37). The molecule has 0 atom stereocenters. The van der Waals surface area contributed by atoms with Gasteiger partial charge in [0.15, 0.2) is 0 Å². The predicted octanol–water partition coefficient (Wildman–Crippen LogP) is 5.43. The van der Waals surface area contributed by atoms with E-state index >= 15 is 0 Å². The molecule has 0 unspecified atom stereocenters. The molecule has 1 fully saturated rings. The van der Waals surface area contributed by atoms with Crippen LogP contribution in [0.15, 0.2) is 67.0 Å². The van der Waals surface area contributed by atoms with Crippen LogP contribution in [0.5, 0.6) is 5.75 Å². The third-order valence-electron chi connectivity index (χ3n) is 6.52. The zero-order chi connectivity index (χ0) is 26.5. The minimum atomic E-state index is -0.329. The monoisotopic (exact) mass is 531 g/mol. The molecule has 5 rings (SSSR count). The second kappa shape index (κ2) is 11.6. The Labute approximate surface area is 226 Å². The van der Waals surface area contributed by atoms with E-state index < -0.39 is 0 Å². The van der Waals surface area contributed by atoms with Crippen molar-refractivity contribution < 1.29 is 9.53 Å². The van der Waals surface area contributed by atoms with Gasteiger partial charge in [0.2, 0.25) is 0 Å². The topological polar surface area (TPSA) is 94.6 Å². The normalized spacial score (nSPS) is 14.3. The molecule has 38 heavy (non-hydrogen) atoms. The first-order chi connectivity index (χ1) is 18.5. The number of methoxy groups -OCH3 is 1. The third-order valence-corrected chi connectivity index (χ3v) is 6.82. The summed E-state index contributed by atoms with van der Waals surface area (Å²) >= 11 is 6.26. The van der Waals surface area contributed by atoms with Crippen LogP contribution in [-0.2, 0) is 6.54 Å². The Bertz CT molecular complexity index is 1420. The van der Waals surface area contributed by atoms with Crippen LogP contribution in [0.3, 0.4) is 0 Å². The molecule has 2 heterocycles. The van der Waals surface area contributed by atoms with Crippen LogP contribution in [0.25, 0.3) is 10.9 Å². The number of nitrogens with zero attached hydrogens (tertiary/aromatic N) is 4. The zero-order valence-electron chi connectivity index (χ0n) is 21.4. The van der Waals surface area contributed by atoms with Crippen LogP contribution < -0.4 is 20.7 Å². The molecule has 0 radical (unpaired) electrons. The quantitative estimate of drug-likeness (QED) is 0.293. The molecule has 1 aromatic heterocycles. The van der Waals surface area contributed by atoms with E-state index in [-0.39, 0.29) is 6.03 Å². The summed E-state index contributed by atoms with van der Waals surface area (Å²) < 4.78 is 5.22. The van der Waals surface area contributed by atoms with E-state index in [0.717, 1.165) is 55.0 Å². The summed E-state index contributed by atoms with van der Waals surface area (Å²) in [7, 11) is 3.73. The van der Waals surface area contributed by atoms with Crippen LogP contribution in [0, 0.1) is 0 Å². The Morgan fingerprint density at radius 2 is 1.63 bits per heavy atom. The van der Waals surface area contributed by atoms with Gasteiger partial charge >= 0.3 is 6.03 Å². The van der Waals surface area contributed by atoms with E-state index in [1.807, 2.05) is 36.4 Å². The van der Waals surface area contributed by atoms with Crippen molar-refractivity contribution in [3.63, 3.8) is 0 Å².